The van der Waals surface area contributed by atoms with Crippen molar-refractivity contribution in [3.05, 3.63) is 141 Å². The number of benzene rings is 5. The van der Waals surface area contributed by atoms with Crippen molar-refractivity contribution >= 4 is 34.7 Å². The molecule has 0 heterocycles. The molecule has 2 aliphatic carbocycles. The maximum absolute atomic E-state index is 13.6. The molecule has 0 unspecified atom stereocenters. The van der Waals surface area contributed by atoms with Crippen LogP contribution < -0.4 is 0 Å². The Kier molecular flexibility index (Phi) is 8.94. The number of allylic oxidation sites excluding steroid dienone is 2. The van der Waals surface area contributed by atoms with Crippen LogP contribution in [-0.4, -0.2) is 0 Å². The number of nitrogens with zero attached hydrogens (tertiary/aromatic N) is 4. The molecule has 0 N–H and O–H groups in total. The predicted molar refractivity (Wildman–Crippen MR) is 192 cm³/mol. The first-order valence-corrected chi connectivity index (χ1v) is 17.6. The Morgan fingerprint density at radius 3 is 1.13 bits per heavy atom. The molecular formula is C42H20F6N4S2. The van der Waals surface area contributed by atoms with Crippen LogP contribution in [0.5, 0.6) is 0 Å². The van der Waals surface area contributed by atoms with Crippen molar-refractivity contribution < 1.29 is 26.3 Å². The highest BCUT2D eigenvalue weighted by Crippen LogP contribution is 2.54. The molecule has 0 radical (unpaired) electrons. The second-order valence-electron chi connectivity index (χ2n) is 12.6. The van der Waals surface area contributed by atoms with Crippen LogP contribution in [0.2, 0.25) is 0 Å². The van der Waals surface area contributed by atoms with Crippen LogP contribution >= 0.6 is 23.5 Å². The van der Waals surface area contributed by atoms with Gasteiger partial charge in [-0.15, -0.1) is 0 Å². The van der Waals surface area contributed by atoms with E-state index in [9.17, 15) is 47.4 Å². The van der Waals surface area contributed by atoms with E-state index in [0.717, 1.165) is 47.8 Å². The van der Waals surface area contributed by atoms with Crippen LogP contribution in [0.1, 0.15) is 44.5 Å². The number of aryl methyl sites for hydroxylation is 2. The Labute approximate surface area is 313 Å². The van der Waals surface area contributed by atoms with Gasteiger partial charge in [0.05, 0.1) is 11.1 Å². The molecule has 5 aromatic carbocycles. The molecular weight excluding hydrogens is 739 g/mol. The quantitative estimate of drug-likeness (QED) is 0.131. The molecule has 12 heteroatoms. The van der Waals surface area contributed by atoms with E-state index in [2.05, 4.69) is 0 Å². The summed E-state index contributed by atoms with van der Waals surface area (Å²) in [5, 5.41) is 40.2. The lowest BCUT2D eigenvalue weighted by molar-refractivity contribution is -0.138. The van der Waals surface area contributed by atoms with Gasteiger partial charge in [0.1, 0.15) is 35.4 Å². The van der Waals surface area contributed by atoms with E-state index in [-0.39, 0.29) is 11.1 Å². The standard InChI is InChI=1S/C42H20F6N4S2/c1-21-7-25(41(43,44)45)11-29(9-21)53-27-3-5-31-33-15-34-32-6-4-28(54-30-10-22(2)8-26(12-30)42(46,47)48)14-36(32)40(24(19-51)20-52)38(34)16-37(33)39(35(31)13-27)23(17-49)18-50/h3-16H,1-2H3. The maximum Gasteiger partial charge on any atom is 0.416 e. The monoisotopic (exact) mass is 758 g/mol. The molecule has 7 rings (SSSR count). The first kappa shape index (κ1) is 36.2. The van der Waals surface area contributed by atoms with Gasteiger partial charge in [-0.25, -0.2) is 0 Å². The third-order valence-corrected chi connectivity index (χ3v) is 10.9. The highest BCUT2D eigenvalue weighted by Gasteiger charge is 2.35. The molecule has 54 heavy (non-hydrogen) atoms. The number of halogens is 6. The van der Waals surface area contributed by atoms with E-state index < -0.39 is 23.5 Å². The Hall–Kier alpha value is -6.18. The third-order valence-electron chi connectivity index (χ3n) is 8.97. The Morgan fingerprint density at radius 2 is 0.778 bits per heavy atom. The van der Waals surface area contributed by atoms with Crippen molar-refractivity contribution in [2.24, 2.45) is 0 Å². The lowest BCUT2D eigenvalue weighted by atomic mass is 9.93. The van der Waals surface area contributed by atoms with Crippen LogP contribution in [0.25, 0.3) is 33.4 Å². The van der Waals surface area contributed by atoms with E-state index in [4.69, 9.17) is 0 Å². The van der Waals surface area contributed by atoms with Crippen LogP contribution in [0.3, 0.4) is 0 Å². The fourth-order valence-electron chi connectivity index (χ4n) is 6.83. The van der Waals surface area contributed by atoms with Gasteiger partial charge < -0.3 is 0 Å². The number of alkyl halides is 6. The van der Waals surface area contributed by atoms with Gasteiger partial charge in [-0.1, -0.05) is 35.7 Å². The normalized spacial score (nSPS) is 12.4. The average Bonchev–Trinajstić information content (AvgIpc) is 3.58. The minimum absolute atomic E-state index is 0.205. The zero-order valence-electron chi connectivity index (χ0n) is 28.0. The highest BCUT2D eigenvalue weighted by atomic mass is 32.2. The van der Waals surface area contributed by atoms with Crippen molar-refractivity contribution in [2.45, 2.75) is 45.8 Å². The van der Waals surface area contributed by atoms with E-state index in [1.807, 2.05) is 30.3 Å². The minimum atomic E-state index is -4.53. The molecule has 0 amide bonds. The second-order valence-corrected chi connectivity index (χ2v) is 14.9. The molecule has 0 spiro atoms. The number of fused-ring (bicyclic) bond motifs is 6. The molecule has 0 aromatic heterocycles. The molecule has 2 aliphatic rings. The lowest BCUT2D eigenvalue weighted by Gasteiger charge is -2.11. The lowest BCUT2D eigenvalue weighted by Crippen LogP contribution is -2.05. The molecule has 0 saturated heterocycles. The van der Waals surface area contributed by atoms with Gasteiger partial charge in [0.15, 0.2) is 0 Å². The number of nitriles is 4. The number of rotatable bonds is 4. The van der Waals surface area contributed by atoms with E-state index in [1.54, 1.807) is 68.4 Å². The average molecular weight is 759 g/mol. The second kappa shape index (κ2) is 13.3. The Morgan fingerprint density at radius 1 is 0.426 bits per heavy atom. The number of hydrogen-bond donors (Lipinski definition) is 0. The summed E-state index contributed by atoms with van der Waals surface area (Å²) in [6.45, 7) is 3.15. The first-order chi connectivity index (χ1) is 25.6. The Balaban J connectivity index is 1.36. The van der Waals surface area contributed by atoms with Gasteiger partial charge in [-0.3, -0.25) is 0 Å². The van der Waals surface area contributed by atoms with Gasteiger partial charge in [0, 0.05) is 30.7 Å². The molecule has 0 fully saturated rings. The van der Waals surface area contributed by atoms with E-state index in [0.29, 0.717) is 86.4 Å². The van der Waals surface area contributed by atoms with Gasteiger partial charge in [0.2, 0.25) is 0 Å². The predicted octanol–water partition coefficient (Wildman–Crippen LogP) is 12.3. The van der Waals surface area contributed by atoms with Gasteiger partial charge in [-0.2, -0.15) is 47.4 Å². The van der Waals surface area contributed by atoms with Crippen LogP contribution in [0, 0.1) is 59.2 Å². The smallest absolute Gasteiger partial charge is 0.192 e. The fourth-order valence-corrected chi connectivity index (χ4v) is 8.86. The summed E-state index contributed by atoms with van der Waals surface area (Å²) in [5.41, 5.74) is 4.20. The molecule has 0 bridgehead atoms. The minimum Gasteiger partial charge on any atom is -0.192 e. The fraction of sp³-hybridized carbons (Fsp3) is 0.0952. The summed E-state index contributed by atoms with van der Waals surface area (Å²) in [6.07, 6.45) is -9.06. The van der Waals surface area contributed by atoms with Crippen molar-refractivity contribution in [1.29, 1.82) is 21.0 Å². The molecule has 5 aromatic rings. The summed E-state index contributed by atoms with van der Waals surface area (Å²) in [4.78, 5) is 1.86. The Bertz CT molecular complexity index is 2500. The van der Waals surface area contributed by atoms with Crippen LogP contribution in [-0.2, 0) is 12.4 Å². The SMILES string of the molecule is Cc1cc(Sc2ccc3c(c2)C(=C(C#N)C#N)c2cc4c(cc2-3)-c2ccc(Sc3cc(C)cc(C(F)(F)F)c3)cc2C4=C(C#N)C#N)cc(C(F)(F)F)c1. The number of hydrogen-bond acceptors (Lipinski definition) is 6. The molecule has 0 saturated carbocycles. The van der Waals surface area contributed by atoms with E-state index >= 15 is 0 Å². The van der Waals surface area contributed by atoms with Crippen molar-refractivity contribution in [1.82, 2.24) is 0 Å². The van der Waals surface area contributed by atoms with Crippen molar-refractivity contribution in [2.75, 3.05) is 0 Å². The van der Waals surface area contributed by atoms with Crippen molar-refractivity contribution in [3.63, 3.8) is 0 Å². The summed E-state index contributed by atoms with van der Waals surface area (Å²) in [5.74, 6) is 0. The van der Waals surface area contributed by atoms with Crippen molar-refractivity contribution in [3.8, 4) is 46.5 Å². The molecule has 0 atom stereocenters. The summed E-state index contributed by atoms with van der Waals surface area (Å²) >= 11 is 2.21. The third kappa shape index (κ3) is 6.41. The van der Waals surface area contributed by atoms with E-state index in [1.165, 1.54) is 0 Å². The summed E-state index contributed by atoms with van der Waals surface area (Å²) in [7, 11) is 0. The van der Waals surface area contributed by atoms with Gasteiger partial charge in [-0.05, 0) is 142 Å². The topological polar surface area (TPSA) is 95.2 Å². The molecule has 4 nitrogen and oxygen atoms in total. The van der Waals surface area contributed by atoms with Crippen LogP contribution in [0.4, 0.5) is 26.3 Å². The zero-order valence-corrected chi connectivity index (χ0v) is 29.6. The summed E-state index contributed by atoms with van der Waals surface area (Å²) in [6, 6.07) is 29.5. The van der Waals surface area contributed by atoms with Gasteiger partial charge in [0.25, 0.3) is 0 Å². The van der Waals surface area contributed by atoms with Crippen LogP contribution in [0.15, 0.2) is 116 Å². The first-order valence-electron chi connectivity index (χ1n) is 15.9. The maximum atomic E-state index is 13.6. The largest absolute Gasteiger partial charge is 0.416 e. The zero-order chi connectivity index (χ0) is 38.7. The highest BCUT2D eigenvalue weighted by molar-refractivity contribution is 7.99. The van der Waals surface area contributed by atoms with Gasteiger partial charge >= 0.3 is 12.4 Å². The summed E-state index contributed by atoms with van der Waals surface area (Å²) < 4.78 is 81.4. The molecule has 0 aliphatic heterocycles. The molecule has 262 valence electrons.